The molecule has 8 heteroatoms. The van der Waals surface area contributed by atoms with Crippen LogP contribution in [0.4, 0.5) is 10.2 Å². The highest BCUT2D eigenvalue weighted by molar-refractivity contribution is 5.95. The van der Waals surface area contributed by atoms with E-state index in [0.29, 0.717) is 23.7 Å². The van der Waals surface area contributed by atoms with Gasteiger partial charge in [-0.05, 0) is 60.9 Å². The third kappa shape index (κ3) is 5.90. The number of esters is 1. The second kappa shape index (κ2) is 11.0. The number of amides is 1. The second-order valence-electron chi connectivity index (χ2n) is 7.52. The van der Waals surface area contributed by atoms with Crippen molar-refractivity contribution in [2.24, 2.45) is 0 Å². The predicted octanol–water partition coefficient (Wildman–Crippen LogP) is 4.37. The number of aromatic nitrogens is 1. The van der Waals surface area contributed by atoms with Crippen LogP contribution in [0.5, 0.6) is 5.75 Å². The molecule has 3 rings (SSSR count). The molecule has 7 nitrogen and oxygen atoms in total. The van der Waals surface area contributed by atoms with E-state index >= 15 is 0 Å². The normalized spacial score (nSPS) is 10.7. The van der Waals surface area contributed by atoms with Crippen molar-refractivity contribution < 1.29 is 23.5 Å². The molecule has 1 amide bonds. The van der Waals surface area contributed by atoms with Gasteiger partial charge in [0.2, 0.25) is 0 Å². The summed E-state index contributed by atoms with van der Waals surface area (Å²) in [6.45, 7) is 3.42. The minimum absolute atomic E-state index is 0.301. The molecule has 0 atom stereocenters. The Hall–Kier alpha value is -4.38. The lowest BCUT2D eigenvalue weighted by Gasteiger charge is -2.13. The molecular weight excluding hydrogens is 437 g/mol. The highest BCUT2D eigenvalue weighted by Gasteiger charge is 2.20. The summed E-state index contributed by atoms with van der Waals surface area (Å²) in [6, 6.07) is 15.2. The van der Waals surface area contributed by atoms with E-state index in [4.69, 9.17) is 9.47 Å². The third-order valence-corrected chi connectivity index (χ3v) is 5.30. The quantitative estimate of drug-likeness (QED) is 0.397. The Morgan fingerprint density at radius 2 is 1.91 bits per heavy atom. The Labute approximate surface area is 197 Å². The number of hydrogen-bond acceptors (Lipinski definition) is 5. The van der Waals surface area contributed by atoms with Gasteiger partial charge in [-0.15, -0.1) is 0 Å². The summed E-state index contributed by atoms with van der Waals surface area (Å²) in [5, 5.41) is 12.3. The standard InChI is InChI=1S/C26H24FN3O4/c1-17-18(2)30(15-20-7-10-21(27)11-8-20)26(23(17)14-28)29-24(31)16-34-25(32)12-9-19-5-4-6-22(13-19)33-3/h4-13H,15-16H2,1-3H3,(H,29,31)/b12-9+. The summed E-state index contributed by atoms with van der Waals surface area (Å²) in [4.78, 5) is 24.5. The summed E-state index contributed by atoms with van der Waals surface area (Å²) in [6.07, 6.45) is 2.77. The highest BCUT2D eigenvalue weighted by Crippen LogP contribution is 2.27. The van der Waals surface area contributed by atoms with Crippen LogP contribution in [0.3, 0.4) is 0 Å². The summed E-state index contributed by atoms with van der Waals surface area (Å²) >= 11 is 0. The minimum atomic E-state index is -0.687. The number of ether oxygens (including phenoxy) is 2. The SMILES string of the molecule is COc1cccc(/C=C/C(=O)OCC(=O)Nc2c(C#N)c(C)c(C)n2Cc2ccc(F)cc2)c1. The van der Waals surface area contributed by atoms with E-state index in [2.05, 4.69) is 11.4 Å². The van der Waals surface area contributed by atoms with Crippen LogP contribution in [0.2, 0.25) is 0 Å². The summed E-state index contributed by atoms with van der Waals surface area (Å²) in [5.74, 6) is -0.671. The summed E-state index contributed by atoms with van der Waals surface area (Å²) in [7, 11) is 1.55. The molecule has 2 aromatic carbocycles. The van der Waals surface area contributed by atoms with Crippen LogP contribution in [-0.4, -0.2) is 30.2 Å². The first-order chi connectivity index (χ1) is 16.3. The van der Waals surface area contributed by atoms with Gasteiger partial charge in [-0.1, -0.05) is 24.3 Å². The van der Waals surface area contributed by atoms with Crippen molar-refractivity contribution in [1.82, 2.24) is 4.57 Å². The van der Waals surface area contributed by atoms with Crippen LogP contribution in [-0.2, 0) is 20.9 Å². The Balaban J connectivity index is 1.68. The molecule has 3 aromatic rings. The molecule has 0 spiro atoms. The number of methoxy groups -OCH3 is 1. The molecule has 0 saturated heterocycles. The first kappa shape index (κ1) is 24.3. The number of nitrogens with zero attached hydrogens (tertiary/aromatic N) is 2. The fourth-order valence-electron chi connectivity index (χ4n) is 3.36. The van der Waals surface area contributed by atoms with Gasteiger partial charge in [0.15, 0.2) is 6.61 Å². The zero-order chi connectivity index (χ0) is 24.7. The Bertz CT molecular complexity index is 1270. The zero-order valence-electron chi connectivity index (χ0n) is 19.1. The third-order valence-electron chi connectivity index (χ3n) is 5.30. The maximum absolute atomic E-state index is 13.3. The van der Waals surface area contributed by atoms with E-state index < -0.39 is 18.5 Å². The molecule has 0 aliphatic rings. The van der Waals surface area contributed by atoms with Crippen molar-refractivity contribution in [3.63, 3.8) is 0 Å². The Morgan fingerprint density at radius 3 is 2.59 bits per heavy atom. The highest BCUT2D eigenvalue weighted by atomic mass is 19.1. The molecule has 1 aromatic heterocycles. The van der Waals surface area contributed by atoms with Gasteiger partial charge >= 0.3 is 5.97 Å². The molecule has 0 aliphatic heterocycles. The van der Waals surface area contributed by atoms with Gasteiger partial charge in [0.05, 0.1) is 12.7 Å². The molecule has 0 unspecified atom stereocenters. The van der Waals surface area contributed by atoms with Crippen molar-refractivity contribution in [3.8, 4) is 11.8 Å². The van der Waals surface area contributed by atoms with Crippen molar-refractivity contribution in [2.75, 3.05) is 19.0 Å². The zero-order valence-corrected chi connectivity index (χ0v) is 19.1. The monoisotopic (exact) mass is 461 g/mol. The number of anilines is 1. The average molecular weight is 461 g/mol. The number of rotatable bonds is 8. The maximum atomic E-state index is 13.3. The average Bonchev–Trinajstić information content (AvgIpc) is 3.06. The molecule has 0 saturated carbocycles. The summed E-state index contributed by atoms with van der Waals surface area (Å²) in [5.41, 5.74) is 3.36. The van der Waals surface area contributed by atoms with Gasteiger partial charge in [0.25, 0.3) is 5.91 Å². The largest absolute Gasteiger partial charge is 0.497 e. The lowest BCUT2D eigenvalue weighted by molar-refractivity contribution is -0.142. The summed E-state index contributed by atoms with van der Waals surface area (Å²) < 4.78 is 25.2. The molecule has 0 fully saturated rings. The number of carbonyl (C=O) groups excluding carboxylic acids is 2. The fourth-order valence-corrected chi connectivity index (χ4v) is 3.36. The first-order valence-corrected chi connectivity index (χ1v) is 10.4. The van der Waals surface area contributed by atoms with E-state index in [1.807, 2.05) is 6.92 Å². The van der Waals surface area contributed by atoms with Crippen molar-refractivity contribution in [3.05, 3.63) is 88.4 Å². The molecule has 0 radical (unpaired) electrons. The van der Waals surface area contributed by atoms with Gasteiger partial charge in [-0.2, -0.15) is 5.26 Å². The van der Waals surface area contributed by atoms with Crippen LogP contribution in [0, 0.1) is 31.0 Å². The molecule has 174 valence electrons. The molecular formula is C26H24FN3O4. The number of nitriles is 1. The molecule has 1 N–H and O–H groups in total. The van der Waals surface area contributed by atoms with Gasteiger partial charge in [-0.25, -0.2) is 9.18 Å². The van der Waals surface area contributed by atoms with Crippen LogP contribution in [0.25, 0.3) is 6.08 Å². The lowest BCUT2D eigenvalue weighted by Crippen LogP contribution is -2.22. The lowest BCUT2D eigenvalue weighted by atomic mass is 10.2. The smallest absolute Gasteiger partial charge is 0.331 e. The predicted molar refractivity (Wildman–Crippen MR) is 126 cm³/mol. The van der Waals surface area contributed by atoms with Crippen molar-refractivity contribution in [2.45, 2.75) is 20.4 Å². The van der Waals surface area contributed by atoms with Crippen LogP contribution in [0.15, 0.2) is 54.6 Å². The number of benzene rings is 2. The maximum Gasteiger partial charge on any atom is 0.331 e. The Kier molecular flexibility index (Phi) is 7.83. The molecule has 1 heterocycles. The molecule has 34 heavy (non-hydrogen) atoms. The van der Waals surface area contributed by atoms with Crippen molar-refractivity contribution in [1.29, 1.82) is 5.26 Å². The van der Waals surface area contributed by atoms with Crippen LogP contribution < -0.4 is 10.1 Å². The van der Waals surface area contributed by atoms with E-state index in [0.717, 1.165) is 22.4 Å². The van der Waals surface area contributed by atoms with Crippen LogP contribution in [0.1, 0.15) is 27.9 Å². The van der Waals surface area contributed by atoms with Crippen LogP contribution >= 0.6 is 0 Å². The van der Waals surface area contributed by atoms with Gasteiger partial charge in [0.1, 0.15) is 23.5 Å². The molecule has 0 aliphatic carbocycles. The van der Waals surface area contributed by atoms with Gasteiger partial charge < -0.3 is 19.4 Å². The number of halogens is 1. The van der Waals surface area contributed by atoms with E-state index in [-0.39, 0.29) is 5.82 Å². The van der Waals surface area contributed by atoms with E-state index in [9.17, 15) is 19.2 Å². The van der Waals surface area contributed by atoms with E-state index in [1.165, 1.54) is 18.2 Å². The number of hydrogen-bond donors (Lipinski definition) is 1. The minimum Gasteiger partial charge on any atom is -0.497 e. The Morgan fingerprint density at radius 1 is 1.18 bits per heavy atom. The fraction of sp³-hybridized carbons (Fsp3) is 0.192. The number of nitrogens with one attached hydrogen (secondary N) is 1. The number of carbonyl (C=O) groups is 2. The topological polar surface area (TPSA) is 93.3 Å². The van der Waals surface area contributed by atoms with Gasteiger partial charge in [0, 0.05) is 18.3 Å². The second-order valence-corrected chi connectivity index (χ2v) is 7.52. The first-order valence-electron chi connectivity index (χ1n) is 10.4. The van der Waals surface area contributed by atoms with Crippen molar-refractivity contribution >= 4 is 23.8 Å². The van der Waals surface area contributed by atoms with E-state index in [1.54, 1.807) is 61.1 Å². The molecule has 0 bridgehead atoms. The van der Waals surface area contributed by atoms with Gasteiger partial charge in [-0.3, -0.25) is 4.79 Å².